The van der Waals surface area contributed by atoms with Gasteiger partial charge in [-0.25, -0.2) is 0 Å². The molecule has 0 N–H and O–H groups in total. The molecule has 0 aliphatic carbocycles. The minimum atomic E-state index is -7.19. The quantitative estimate of drug-likeness (QED) is 0.0674. The average molecular weight is 967 g/mol. The Kier molecular flexibility index (Phi) is 11.5. The van der Waals surface area contributed by atoms with Crippen molar-refractivity contribution >= 4 is 33.8 Å². The van der Waals surface area contributed by atoms with Crippen LogP contribution in [0.1, 0.15) is 22.9 Å². The van der Waals surface area contributed by atoms with Crippen molar-refractivity contribution in [2.75, 3.05) is 0 Å². The maximum atomic E-state index is 14.3. The molecule has 2 aromatic carbocycles. The zero-order valence-corrected chi connectivity index (χ0v) is 31.7. The summed E-state index contributed by atoms with van der Waals surface area (Å²) in [6, 6.07) is 19.9. The van der Waals surface area contributed by atoms with Crippen molar-refractivity contribution in [3.8, 4) is 54.6 Å². The molecule has 0 fully saturated rings. The molecule has 0 bridgehead atoms. The number of nitrogens with zero attached hydrogens (tertiary/aromatic N) is 6. The van der Waals surface area contributed by atoms with E-state index < -0.39 is 71.5 Å². The minimum Gasteiger partial charge on any atom is -0.414 e. The van der Waals surface area contributed by atoms with E-state index in [1.165, 1.54) is 60.7 Å². The smallest absolute Gasteiger partial charge is 0.414 e. The first-order valence-electron chi connectivity index (χ1n) is 16.5. The second kappa shape index (κ2) is 15.7. The van der Waals surface area contributed by atoms with Crippen molar-refractivity contribution < 1.29 is 87.9 Å². The molecule has 8 nitrogen and oxygen atoms in total. The lowest BCUT2D eigenvalue weighted by atomic mass is 9.95. The second-order valence-electron chi connectivity index (χ2n) is 12.7. The van der Waals surface area contributed by atoms with Gasteiger partial charge >= 0.3 is 47.9 Å². The summed E-state index contributed by atoms with van der Waals surface area (Å²) in [6.07, 6.45) is -14.1. The number of hydrogen-bond acceptors (Lipinski definition) is 10. The summed E-state index contributed by atoms with van der Waals surface area (Å²) < 4.78 is 250. The van der Waals surface area contributed by atoms with Crippen LogP contribution < -0.4 is 0 Å². The van der Waals surface area contributed by atoms with E-state index in [1.807, 2.05) is 12.1 Å². The topological polar surface area (TPSA) is 125 Å². The Morgan fingerprint density at radius 3 is 0.984 bits per heavy atom. The predicted molar refractivity (Wildman–Crippen MR) is 184 cm³/mol. The van der Waals surface area contributed by atoms with Crippen LogP contribution in [0.5, 0.6) is 0 Å². The van der Waals surface area contributed by atoms with Gasteiger partial charge in [0.15, 0.2) is 0 Å². The molecule has 0 atom stereocenters. The van der Waals surface area contributed by atoms with Crippen LogP contribution in [0.3, 0.4) is 0 Å². The Hall–Kier alpha value is -6.42. The summed E-state index contributed by atoms with van der Waals surface area (Å²) in [7, 11) is 0. The fourth-order valence-corrected chi connectivity index (χ4v) is 7.13. The average Bonchev–Trinajstić information content (AvgIpc) is 4.06. The molecular weight excluding hydrogens is 955 g/mol. The van der Waals surface area contributed by atoms with Gasteiger partial charge in [-0.2, -0.15) is 89.6 Å². The molecule has 0 amide bonds. The Bertz CT molecular complexity index is 2620. The Labute approximate surface area is 350 Å². The van der Waals surface area contributed by atoms with E-state index in [-0.39, 0.29) is 32.0 Å². The highest BCUT2D eigenvalue weighted by Crippen LogP contribution is 2.58. The van der Waals surface area contributed by atoms with Crippen LogP contribution in [0, 0.1) is 22.7 Å². The van der Waals surface area contributed by atoms with Crippen LogP contribution in [0.2, 0.25) is 0 Å². The van der Waals surface area contributed by atoms with Crippen molar-refractivity contribution in [3.05, 3.63) is 95.7 Å². The standard InChI is InChI=1S/C36H12F18N6O2S2/c37-29(38,31(41,42)33(45,46)35(49,50)51)27-59-57-25(61-27)23-11-9-21(63-23)17-5-1-15(2-6-17)19(13-55)20(14-56)16-3-7-18(8-4-16)22-10-12-24(64-22)26-58-60-28(62-26)30(39,40)32(43,44)34(47,48)36(52,53)54/h1-12H/b20-19+. The molecule has 64 heavy (non-hydrogen) atoms. The number of aromatic nitrogens is 4. The van der Waals surface area contributed by atoms with Crippen molar-refractivity contribution in [3.63, 3.8) is 0 Å². The normalized spacial score (nSPS) is 14.0. The Morgan fingerprint density at radius 2 is 0.703 bits per heavy atom. The van der Waals surface area contributed by atoms with Gasteiger partial charge in [0.05, 0.1) is 20.9 Å². The van der Waals surface area contributed by atoms with E-state index in [2.05, 4.69) is 29.2 Å². The monoisotopic (exact) mass is 966 g/mol. The van der Waals surface area contributed by atoms with Gasteiger partial charge in [-0.3, -0.25) is 0 Å². The first-order chi connectivity index (χ1) is 29.4. The second-order valence-corrected chi connectivity index (χ2v) is 14.9. The molecule has 0 saturated carbocycles. The van der Waals surface area contributed by atoms with Gasteiger partial charge < -0.3 is 8.83 Å². The first kappa shape index (κ1) is 47.1. The van der Waals surface area contributed by atoms with Gasteiger partial charge in [0.2, 0.25) is 0 Å². The number of hydrogen-bond donors (Lipinski definition) is 0. The summed E-state index contributed by atoms with van der Waals surface area (Å²) in [5.74, 6) is -47.9. The number of nitriles is 2. The lowest BCUT2D eigenvalue weighted by Crippen LogP contribution is -2.59. The Morgan fingerprint density at radius 1 is 0.406 bits per heavy atom. The third-order valence-electron chi connectivity index (χ3n) is 8.70. The molecule has 0 radical (unpaired) electrons. The van der Waals surface area contributed by atoms with Crippen molar-refractivity contribution in [2.24, 2.45) is 0 Å². The molecule has 6 aromatic rings. The molecule has 0 spiro atoms. The fraction of sp³-hybridized carbons (Fsp3) is 0.222. The van der Waals surface area contributed by atoms with Crippen LogP contribution >= 0.6 is 22.7 Å². The zero-order valence-electron chi connectivity index (χ0n) is 30.0. The summed E-state index contributed by atoms with van der Waals surface area (Å²) in [6.45, 7) is 0. The van der Waals surface area contributed by atoms with E-state index in [9.17, 15) is 89.6 Å². The summed E-state index contributed by atoms with van der Waals surface area (Å²) in [5.41, 5.74) is 0.725. The number of alkyl halides is 18. The van der Waals surface area contributed by atoms with Crippen LogP contribution in [0.25, 0.3) is 53.6 Å². The lowest BCUT2D eigenvalue weighted by Gasteiger charge is -2.31. The molecule has 336 valence electrons. The molecule has 4 aromatic heterocycles. The van der Waals surface area contributed by atoms with Crippen molar-refractivity contribution in [2.45, 2.75) is 47.9 Å². The summed E-state index contributed by atoms with van der Waals surface area (Å²) >= 11 is 1.40. The maximum Gasteiger partial charge on any atom is 0.460 e. The largest absolute Gasteiger partial charge is 0.460 e. The van der Waals surface area contributed by atoms with Crippen LogP contribution in [0.4, 0.5) is 79.0 Å². The third-order valence-corrected chi connectivity index (χ3v) is 10.9. The van der Waals surface area contributed by atoms with E-state index >= 15 is 0 Å². The van der Waals surface area contributed by atoms with E-state index in [0.717, 1.165) is 12.1 Å². The van der Waals surface area contributed by atoms with Crippen LogP contribution in [0.15, 0.2) is 81.6 Å². The number of thiophene rings is 2. The number of rotatable bonds is 12. The van der Waals surface area contributed by atoms with E-state index in [0.29, 0.717) is 43.6 Å². The zero-order chi connectivity index (χ0) is 47.6. The first-order valence-corrected chi connectivity index (χ1v) is 18.1. The third kappa shape index (κ3) is 7.60. The fourth-order valence-electron chi connectivity index (χ4n) is 5.27. The predicted octanol–water partition coefficient (Wildman–Crippen LogP) is 13.1. The number of allylic oxidation sites excluding steroid dienone is 2. The molecule has 0 aliphatic heterocycles. The number of benzene rings is 2. The molecule has 0 unspecified atom stereocenters. The van der Waals surface area contributed by atoms with Gasteiger partial charge in [-0.1, -0.05) is 48.5 Å². The van der Waals surface area contributed by atoms with Crippen molar-refractivity contribution in [1.29, 1.82) is 10.5 Å². The maximum absolute atomic E-state index is 14.3. The summed E-state index contributed by atoms with van der Waals surface area (Å²) in [5, 5.41) is 31.3. The minimum absolute atomic E-state index is 0.165. The molecule has 0 aliphatic rings. The highest BCUT2D eigenvalue weighted by atomic mass is 32.1. The lowest BCUT2D eigenvalue weighted by molar-refractivity contribution is -0.402. The summed E-state index contributed by atoms with van der Waals surface area (Å²) in [4.78, 5) is 0.170. The van der Waals surface area contributed by atoms with Crippen molar-refractivity contribution in [1.82, 2.24) is 20.4 Å². The van der Waals surface area contributed by atoms with Crippen LogP contribution in [-0.4, -0.2) is 56.4 Å². The van der Waals surface area contributed by atoms with Gasteiger partial charge in [0, 0.05) is 9.75 Å². The van der Waals surface area contributed by atoms with Gasteiger partial charge in [-0.15, -0.1) is 43.1 Å². The highest BCUT2D eigenvalue weighted by Gasteiger charge is 2.84. The van der Waals surface area contributed by atoms with E-state index in [4.69, 9.17) is 0 Å². The van der Waals surface area contributed by atoms with Gasteiger partial charge in [-0.05, 0) is 46.5 Å². The highest BCUT2D eigenvalue weighted by molar-refractivity contribution is 7.19. The van der Waals surface area contributed by atoms with Gasteiger partial charge in [0.1, 0.15) is 12.1 Å². The van der Waals surface area contributed by atoms with E-state index in [1.54, 1.807) is 0 Å². The molecule has 6 rings (SSSR count). The van der Waals surface area contributed by atoms with Gasteiger partial charge in [0.25, 0.3) is 23.6 Å². The molecule has 28 heteroatoms. The van der Waals surface area contributed by atoms with Crippen LogP contribution in [-0.2, 0) is 11.8 Å². The molecule has 0 saturated heterocycles. The molecule has 4 heterocycles. The Balaban J connectivity index is 1.19. The number of halogens is 18. The SMILES string of the molecule is N#C/C(=C(/C#N)c1ccc(-c2ccc(-c3nnc(C(F)(F)C(F)(F)C(F)(F)C(F)(F)F)o3)s2)cc1)c1ccc(-c2ccc(-c3nnc(C(F)(F)C(F)(F)C(F)(F)C(F)(F)F)o3)s2)cc1. The molecular formula is C36H12F18N6O2S2.